The van der Waals surface area contributed by atoms with Gasteiger partial charge in [0.1, 0.15) is 11.9 Å². The largest absolute Gasteiger partial charge is 0.490 e. The highest BCUT2D eigenvalue weighted by Crippen LogP contribution is 2.33. The minimum Gasteiger partial charge on any atom is -0.490 e. The molecule has 0 aliphatic carbocycles. The van der Waals surface area contributed by atoms with Gasteiger partial charge in [-0.25, -0.2) is 4.79 Å². The Kier molecular flexibility index (Phi) is 2.97. The van der Waals surface area contributed by atoms with Crippen molar-refractivity contribution in [1.82, 2.24) is 0 Å². The van der Waals surface area contributed by atoms with Gasteiger partial charge >= 0.3 is 5.97 Å². The van der Waals surface area contributed by atoms with Crippen LogP contribution >= 0.6 is 0 Å². The van der Waals surface area contributed by atoms with Crippen LogP contribution in [0.25, 0.3) is 11.1 Å². The molecule has 2 aromatic rings. The quantitative estimate of drug-likeness (QED) is 0.903. The Bertz CT molecular complexity index is 689. The molecule has 0 amide bonds. The summed E-state index contributed by atoms with van der Waals surface area (Å²) in [6.07, 6.45) is 1.12. The minimum absolute atomic E-state index is 0.216. The molecule has 0 fully saturated rings. The Hall–Kier alpha value is -2.29. The first-order valence-electron chi connectivity index (χ1n) is 6.68. The van der Waals surface area contributed by atoms with Gasteiger partial charge in [-0.1, -0.05) is 18.2 Å². The second-order valence-electron chi connectivity index (χ2n) is 5.29. The molecular formula is C17H16O3. The fraction of sp³-hybridized carbons (Fsp3) is 0.235. The van der Waals surface area contributed by atoms with E-state index in [1.165, 1.54) is 5.56 Å². The first-order chi connectivity index (χ1) is 9.54. The summed E-state index contributed by atoms with van der Waals surface area (Å²) in [5, 5.41) is 9.21. The maximum absolute atomic E-state index is 11.2. The summed E-state index contributed by atoms with van der Waals surface area (Å²) in [6.45, 7) is 3.86. The van der Waals surface area contributed by atoms with Crippen LogP contribution < -0.4 is 4.74 Å². The number of aromatic carboxylic acids is 1. The van der Waals surface area contributed by atoms with E-state index in [-0.39, 0.29) is 6.10 Å². The van der Waals surface area contributed by atoms with E-state index in [0.29, 0.717) is 5.56 Å². The van der Waals surface area contributed by atoms with E-state index in [2.05, 4.69) is 6.07 Å². The lowest BCUT2D eigenvalue weighted by Crippen LogP contribution is -2.05. The molecule has 0 saturated heterocycles. The lowest BCUT2D eigenvalue weighted by molar-refractivity contribution is 0.0696. The van der Waals surface area contributed by atoms with E-state index in [4.69, 9.17) is 4.74 Å². The van der Waals surface area contributed by atoms with Crippen LogP contribution in [0.2, 0.25) is 0 Å². The molecule has 0 saturated carbocycles. The van der Waals surface area contributed by atoms with Crippen LogP contribution in [0.1, 0.15) is 28.4 Å². The number of rotatable bonds is 2. The van der Waals surface area contributed by atoms with Crippen LogP contribution in [-0.4, -0.2) is 17.2 Å². The number of carboxylic acids is 1. The number of carboxylic acid groups (broad SMARTS) is 1. The monoisotopic (exact) mass is 268 g/mol. The third-order valence-electron chi connectivity index (χ3n) is 3.70. The molecule has 3 rings (SSSR count). The molecule has 1 aliphatic rings. The number of hydrogen-bond donors (Lipinski definition) is 1. The van der Waals surface area contributed by atoms with Gasteiger partial charge in [0.2, 0.25) is 0 Å². The summed E-state index contributed by atoms with van der Waals surface area (Å²) in [4.78, 5) is 11.2. The number of fused-ring (bicyclic) bond motifs is 1. The second-order valence-corrected chi connectivity index (χ2v) is 5.29. The van der Waals surface area contributed by atoms with Crippen molar-refractivity contribution >= 4 is 5.97 Å². The van der Waals surface area contributed by atoms with Crippen molar-refractivity contribution in [3.63, 3.8) is 0 Å². The van der Waals surface area contributed by atoms with Gasteiger partial charge in [0.25, 0.3) is 0 Å². The van der Waals surface area contributed by atoms with Crippen LogP contribution in [0.4, 0.5) is 0 Å². The number of benzene rings is 2. The van der Waals surface area contributed by atoms with E-state index in [1.54, 1.807) is 6.07 Å². The smallest absolute Gasteiger partial charge is 0.335 e. The van der Waals surface area contributed by atoms with Gasteiger partial charge in [0, 0.05) is 6.42 Å². The van der Waals surface area contributed by atoms with Crippen molar-refractivity contribution in [2.24, 2.45) is 0 Å². The zero-order chi connectivity index (χ0) is 14.3. The van der Waals surface area contributed by atoms with E-state index in [9.17, 15) is 9.90 Å². The van der Waals surface area contributed by atoms with E-state index in [1.807, 2.05) is 38.1 Å². The van der Waals surface area contributed by atoms with Gasteiger partial charge in [0.05, 0.1) is 5.56 Å². The third-order valence-corrected chi connectivity index (χ3v) is 3.70. The van der Waals surface area contributed by atoms with Gasteiger partial charge in [-0.05, 0) is 54.3 Å². The third kappa shape index (κ3) is 2.16. The van der Waals surface area contributed by atoms with Crippen LogP contribution in [0.3, 0.4) is 0 Å². The van der Waals surface area contributed by atoms with Gasteiger partial charge < -0.3 is 9.84 Å². The maximum Gasteiger partial charge on any atom is 0.335 e. The fourth-order valence-electron chi connectivity index (χ4n) is 2.63. The molecule has 2 aromatic carbocycles. The number of ether oxygens (including phenoxy) is 1. The van der Waals surface area contributed by atoms with Crippen molar-refractivity contribution in [2.75, 3.05) is 0 Å². The fourth-order valence-corrected chi connectivity index (χ4v) is 2.63. The van der Waals surface area contributed by atoms with Crippen molar-refractivity contribution in [1.29, 1.82) is 0 Å². The molecule has 0 aromatic heterocycles. The van der Waals surface area contributed by atoms with Crippen molar-refractivity contribution in [3.05, 3.63) is 53.1 Å². The Labute approximate surface area is 117 Å². The molecule has 1 heterocycles. The first kappa shape index (κ1) is 12.7. The zero-order valence-electron chi connectivity index (χ0n) is 11.5. The lowest BCUT2D eigenvalue weighted by atomic mass is 9.97. The van der Waals surface area contributed by atoms with Gasteiger partial charge in [0.15, 0.2) is 0 Å². The molecule has 0 bridgehead atoms. The maximum atomic E-state index is 11.2. The summed E-state index contributed by atoms with van der Waals surface area (Å²) < 4.78 is 5.68. The topological polar surface area (TPSA) is 46.5 Å². The average Bonchev–Trinajstić information content (AvgIpc) is 2.78. The molecule has 1 atom stereocenters. The van der Waals surface area contributed by atoms with Crippen LogP contribution in [0, 0.1) is 6.92 Å². The second kappa shape index (κ2) is 4.67. The Morgan fingerprint density at radius 1 is 1.20 bits per heavy atom. The highest BCUT2D eigenvalue weighted by molar-refractivity contribution is 5.91. The Morgan fingerprint density at radius 3 is 2.65 bits per heavy atom. The molecule has 3 nitrogen and oxygen atoms in total. The Morgan fingerprint density at radius 2 is 1.90 bits per heavy atom. The standard InChI is InChI=1S/C17H16O3/c1-10-3-4-13(9-15(10)17(18)19)12-5-6-16-14(8-12)7-11(2)20-16/h3-6,8-9,11H,7H2,1-2H3,(H,18,19). The average molecular weight is 268 g/mol. The number of hydrogen-bond acceptors (Lipinski definition) is 2. The Balaban J connectivity index is 2.04. The zero-order valence-corrected chi connectivity index (χ0v) is 11.5. The summed E-state index contributed by atoms with van der Waals surface area (Å²) in [6, 6.07) is 11.6. The van der Waals surface area contributed by atoms with Crippen molar-refractivity contribution in [3.8, 4) is 16.9 Å². The predicted octanol–water partition coefficient (Wildman–Crippen LogP) is 3.68. The SMILES string of the molecule is Cc1ccc(-c2ccc3c(c2)CC(C)O3)cc1C(=O)O. The highest BCUT2D eigenvalue weighted by Gasteiger charge is 2.19. The molecule has 1 N–H and O–H groups in total. The van der Waals surface area contributed by atoms with Crippen molar-refractivity contribution < 1.29 is 14.6 Å². The summed E-state index contributed by atoms with van der Waals surface area (Å²) in [5.74, 6) is 0.0503. The lowest BCUT2D eigenvalue weighted by Gasteiger charge is -2.07. The van der Waals surface area contributed by atoms with E-state index < -0.39 is 5.97 Å². The van der Waals surface area contributed by atoms with E-state index in [0.717, 1.165) is 28.9 Å². The molecular weight excluding hydrogens is 252 g/mol. The number of carbonyl (C=O) groups is 1. The van der Waals surface area contributed by atoms with Gasteiger partial charge in [-0.2, -0.15) is 0 Å². The van der Waals surface area contributed by atoms with Crippen molar-refractivity contribution in [2.45, 2.75) is 26.4 Å². The summed E-state index contributed by atoms with van der Waals surface area (Å²) in [5.41, 5.74) is 4.28. The minimum atomic E-state index is -0.887. The summed E-state index contributed by atoms with van der Waals surface area (Å²) in [7, 11) is 0. The van der Waals surface area contributed by atoms with Crippen LogP contribution in [0.5, 0.6) is 5.75 Å². The predicted molar refractivity (Wildman–Crippen MR) is 77.4 cm³/mol. The number of aryl methyl sites for hydroxylation is 1. The normalized spacial score (nSPS) is 16.6. The molecule has 20 heavy (non-hydrogen) atoms. The van der Waals surface area contributed by atoms with Crippen LogP contribution in [-0.2, 0) is 6.42 Å². The molecule has 102 valence electrons. The van der Waals surface area contributed by atoms with Gasteiger partial charge in [-0.3, -0.25) is 0 Å². The molecule has 0 radical (unpaired) electrons. The molecule has 0 spiro atoms. The first-order valence-corrected chi connectivity index (χ1v) is 6.68. The highest BCUT2D eigenvalue weighted by atomic mass is 16.5. The molecule has 3 heteroatoms. The molecule has 1 unspecified atom stereocenters. The molecule has 1 aliphatic heterocycles. The van der Waals surface area contributed by atoms with Crippen LogP contribution in [0.15, 0.2) is 36.4 Å². The van der Waals surface area contributed by atoms with E-state index >= 15 is 0 Å². The summed E-state index contributed by atoms with van der Waals surface area (Å²) >= 11 is 0. The van der Waals surface area contributed by atoms with Gasteiger partial charge in [-0.15, -0.1) is 0 Å².